The van der Waals surface area contributed by atoms with Gasteiger partial charge in [-0.3, -0.25) is 10.1 Å². The second-order valence-corrected chi connectivity index (χ2v) is 4.27. The summed E-state index contributed by atoms with van der Waals surface area (Å²) in [6.07, 6.45) is 0. The predicted molar refractivity (Wildman–Crippen MR) is 76.3 cm³/mol. The smallest absolute Gasteiger partial charge is 0.269 e. The van der Waals surface area contributed by atoms with E-state index >= 15 is 0 Å². The van der Waals surface area contributed by atoms with E-state index in [1.165, 1.54) is 5.56 Å². The van der Waals surface area contributed by atoms with E-state index in [4.69, 9.17) is 0 Å². The van der Waals surface area contributed by atoms with E-state index in [1.807, 2.05) is 18.2 Å². The molecule has 2 aromatic rings. The van der Waals surface area contributed by atoms with Gasteiger partial charge in [0, 0.05) is 30.9 Å². The number of rotatable bonds is 5. The Hall–Kier alpha value is -2.36. The number of nitro groups is 1. The molecule has 0 fully saturated rings. The van der Waals surface area contributed by atoms with Crippen LogP contribution in [0.25, 0.3) is 0 Å². The Morgan fingerprint density at radius 2 is 1.68 bits per heavy atom. The third-order valence-corrected chi connectivity index (χ3v) is 3.02. The zero-order chi connectivity index (χ0) is 13.7. The third-order valence-electron chi connectivity index (χ3n) is 3.02. The zero-order valence-corrected chi connectivity index (χ0v) is 10.8. The van der Waals surface area contributed by atoms with Gasteiger partial charge < -0.3 is 4.90 Å². The number of benzene rings is 2. The fraction of sp³-hybridized carbons (Fsp3) is 0.200. The van der Waals surface area contributed by atoms with Gasteiger partial charge >= 0.3 is 0 Å². The summed E-state index contributed by atoms with van der Waals surface area (Å²) in [4.78, 5) is 12.4. The number of nitrogens with zero attached hydrogens (tertiary/aromatic N) is 2. The van der Waals surface area contributed by atoms with Crippen LogP contribution >= 0.6 is 0 Å². The second-order valence-electron chi connectivity index (χ2n) is 4.27. The van der Waals surface area contributed by atoms with E-state index in [0.717, 1.165) is 18.8 Å². The lowest BCUT2D eigenvalue weighted by atomic mass is 10.2. The van der Waals surface area contributed by atoms with Crippen LogP contribution in [0.4, 0.5) is 11.4 Å². The van der Waals surface area contributed by atoms with E-state index in [-0.39, 0.29) is 10.6 Å². The van der Waals surface area contributed by atoms with Gasteiger partial charge in [-0.1, -0.05) is 30.3 Å². The van der Waals surface area contributed by atoms with E-state index in [0.29, 0.717) is 0 Å². The first-order valence-electron chi connectivity index (χ1n) is 6.24. The monoisotopic (exact) mass is 256 g/mol. The van der Waals surface area contributed by atoms with Crippen molar-refractivity contribution in [3.63, 3.8) is 0 Å². The van der Waals surface area contributed by atoms with Gasteiger partial charge in [0.05, 0.1) is 4.92 Å². The lowest BCUT2D eigenvalue weighted by Crippen LogP contribution is -2.21. The van der Waals surface area contributed by atoms with Gasteiger partial charge in [0.15, 0.2) is 0 Å². The molecular weight excluding hydrogens is 240 g/mol. The lowest BCUT2D eigenvalue weighted by Gasteiger charge is -2.23. The molecule has 0 saturated carbocycles. The second kappa shape index (κ2) is 6.00. The minimum Gasteiger partial charge on any atom is -0.367 e. The molecule has 0 amide bonds. The standard InChI is InChI=1S/C15H16N2O2/c1-2-16(12-13-6-4-3-5-7-13)14-8-10-15(11-9-14)17(18)19/h3-11H,2,12H2,1H3. The fourth-order valence-corrected chi connectivity index (χ4v) is 1.97. The van der Waals surface area contributed by atoms with Crippen molar-refractivity contribution in [1.29, 1.82) is 0 Å². The van der Waals surface area contributed by atoms with Crippen LogP contribution in [0.15, 0.2) is 54.6 Å². The molecule has 4 nitrogen and oxygen atoms in total. The average molecular weight is 256 g/mol. The van der Waals surface area contributed by atoms with Crippen LogP contribution in [-0.2, 0) is 6.54 Å². The van der Waals surface area contributed by atoms with Gasteiger partial charge in [-0.15, -0.1) is 0 Å². The predicted octanol–water partition coefficient (Wildman–Crippen LogP) is 3.62. The van der Waals surface area contributed by atoms with Crippen molar-refractivity contribution in [2.24, 2.45) is 0 Å². The Morgan fingerprint density at radius 1 is 1.05 bits per heavy atom. The van der Waals surface area contributed by atoms with Crippen LogP contribution in [0.2, 0.25) is 0 Å². The van der Waals surface area contributed by atoms with Crippen molar-refractivity contribution in [3.8, 4) is 0 Å². The normalized spacial score (nSPS) is 10.2. The lowest BCUT2D eigenvalue weighted by molar-refractivity contribution is -0.384. The zero-order valence-electron chi connectivity index (χ0n) is 10.8. The van der Waals surface area contributed by atoms with Gasteiger partial charge in [0.25, 0.3) is 5.69 Å². The summed E-state index contributed by atoms with van der Waals surface area (Å²) in [5.74, 6) is 0. The molecule has 0 unspecified atom stereocenters. The summed E-state index contributed by atoms with van der Waals surface area (Å²) < 4.78 is 0. The fourth-order valence-electron chi connectivity index (χ4n) is 1.97. The summed E-state index contributed by atoms with van der Waals surface area (Å²) in [7, 11) is 0. The summed E-state index contributed by atoms with van der Waals surface area (Å²) in [5, 5.41) is 10.6. The van der Waals surface area contributed by atoms with E-state index < -0.39 is 0 Å². The number of non-ortho nitro benzene ring substituents is 1. The summed E-state index contributed by atoms with van der Waals surface area (Å²) in [6, 6.07) is 16.9. The largest absolute Gasteiger partial charge is 0.367 e. The minimum absolute atomic E-state index is 0.125. The highest BCUT2D eigenvalue weighted by atomic mass is 16.6. The van der Waals surface area contributed by atoms with Crippen LogP contribution < -0.4 is 4.90 Å². The first-order chi connectivity index (χ1) is 9.20. The van der Waals surface area contributed by atoms with Crippen molar-refractivity contribution in [3.05, 3.63) is 70.3 Å². The first-order valence-corrected chi connectivity index (χ1v) is 6.24. The van der Waals surface area contributed by atoms with E-state index in [2.05, 4.69) is 24.0 Å². The molecule has 4 heteroatoms. The minimum atomic E-state index is -0.378. The molecule has 0 bridgehead atoms. The highest BCUT2D eigenvalue weighted by Crippen LogP contribution is 2.20. The molecule has 0 radical (unpaired) electrons. The molecule has 0 aliphatic heterocycles. The summed E-state index contributed by atoms with van der Waals surface area (Å²) >= 11 is 0. The van der Waals surface area contributed by atoms with Crippen LogP contribution in [0.5, 0.6) is 0 Å². The molecule has 0 spiro atoms. The van der Waals surface area contributed by atoms with Gasteiger partial charge in [-0.05, 0) is 24.6 Å². The Balaban J connectivity index is 2.15. The molecule has 0 aliphatic rings. The van der Waals surface area contributed by atoms with Crippen molar-refractivity contribution in [2.45, 2.75) is 13.5 Å². The third kappa shape index (κ3) is 3.31. The molecule has 0 heterocycles. The number of hydrogen-bond donors (Lipinski definition) is 0. The molecule has 19 heavy (non-hydrogen) atoms. The SMILES string of the molecule is CCN(Cc1ccccc1)c1ccc([N+](=O)[O-])cc1. The Kier molecular flexibility index (Phi) is 4.13. The van der Waals surface area contributed by atoms with Crippen molar-refractivity contribution < 1.29 is 4.92 Å². The number of hydrogen-bond acceptors (Lipinski definition) is 3. The molecule has 2 rings (SSSR count). The number of nitro benzene ring substituents is 1. The maximum atomic E-state index is 10.6. The van der Waals surface area contributed by atoms with E-state index in [9.17, 15) is 10.1 Å². The Labute approximate surface area is 112 Å². The Bertz CT molecular complexity index is 538. The summed E-state index contributed by atoms with van der Waals surface area (Å²) in [6.45, 7) is 3.73. The molecule has 2 aromatic carbocycles. The van der Waals surface area contributed by atoms with Gasteiger partial charge in [-0.2, -0.15) is 0 Å². The maximum absolute atomic E-state index is 10.6. The van der Waals surface area contributed by atoms with Crippen LogP contribution in [0.3, 0.4) is 0 Å². The molecule has 0 aliphatic carbocycles. The first kappa shape index (κ1) is 13.1. The molecule has 0 atom stereocenters. The van der Waals surface area contributed by atoms with Crippen molar-refractivity contribution in [1.82, 2.24) is 0 Å². The molecular formula is C15H16N2O2. The maximum Gasteiger partial charge on any atom is 0.269 e. The average Bonchev–Trinajstić information content (AvgIpc) is 2.46. The van der Waals surface area contributed by atoms with Crippen LogP contribution in [0, 0.1) is 10.1 Å². The highest BCUT2D eigenvalue weighted by molar-refractivity contribution is 5.51. The molecule has 0 saturated heterocycles. The molecule has 98 valence electrons. The summed E-state index contributed by atoms with van der Waals surface area (Å²) in [5.41, 5.74) is 2.35. The Morgan fingerprint density at radius 3 is 2.21 bits per heavy atom. The van der Waals surface area contributed by atoms with Crippen LogP contribution in [0.1, 0.15) is 12.5 Å². The van der Waals surface area contributed by atoms with Crippen LogP contribution in [-0.4, -0.2) is 11.5 Å². The molecule has 0 aromatic heterocycles. The topological polar surface area (TPSA) is 46.4 Å². The van der Waals surface area contributed by atoms with Crippen molar-refractivity contribution >= 4 is 11.4 Å². The highest BCUT2D eigenvalue weighted by Gasteiger charge is 2.08. The van der Waals surface area contributed by atoms with E-state index in [1.54, 1.807) is 24.3 Å². The van der Waals surface area contributed by atoms with Gasteiger partial charge in [0.1, 0.15) is 0 Å². The molecule has 0 N–H and O–H groups in total. The van der Waals surface area contributed by atoms with Gasteiger partial charge in [-0.25, -0.2) is 0 Å². The number of anilines is 1. The van der Waals surface area contributed by atoms with Gasteiger partial charge in [0.2, 0.25) is 0 Å². The van der Waals surface area contributed by atoms with Crippen molar-refractivity contribution in [2.75, 3.05) is 11.4 Å². The quantitative estimate of drug-likeness (QED) is 0.606.